The lowest BCUT2D eigenvalue weighted by atomic mass is 10.1. The molecule has 0 aliphatic carbocycles. The summed E-state index contributed by atoms with van der Waals surface area (Å²) in [5.74, 6) is 1.67. The number of hydrogen-bond donors (Lipinski definition) is 1. The van der Waals surface area contributed by atoms with E-state index in [1.165, 1.54) is 0 Å². The number of ether oxygens (including phenoxy) is 2. The van der Waals surface area contributed by atoms with Crippen molar-refractivity contribution in [3.63, 3.8) is 0 Å². The Morgan fingerprint density at radius 2 is 1.70 bits per heavy atom. The second kappa shape index (κ2) is 9.62. The van der Waals surface area contributed by atoms with E-state index in [2.05, 4.69) is 49.9 Å². The Kier molecular flexibility index (Phi) is 7.51. The van der Waals surface area contributed by atoms with Gasteiger partial charge < -0.3 is 24.4 Å². The molecule has 0 saturated heterocycles. The van der Waals surface area contributed by atoms with E-state index < -0.39 is 0 Å². The Bertz CT molecular complexity index is 699. The first-order valence-electron chi connectivity index (χ1n) is 9.25. The highest BCUT2D eigenvalue weighted by atomic mass is 16.5. The Morgan fingerprint density at radius 1 is 1.00 bits per heavy atom. The van der Waals surface area contributed by atoms with Crippen molar-refractivity contribution in [3.05, 3.63) is 54.1 Å². The highest BCUT2D eigenvalue weighted by Crippen LogP contribution is 2.23. The van der Waals surface area contributed by atoms with Crippen LogP contribution in [0.5, 0.6) is 11.5 Å². The minimum atomic E-state index is -0.0248. The van der Waals surface area contributed by atoms with Crippen molar-refractivity contribution in [2.75, 3.05) is 45.9 Å². The minimum Gasteiger partial charge on any atom is -0.497 e. The molecule has 2 aromatic rings. The molecule has 0 saturated carbocycles. The van der Waals surface area contributed by atoms with Gasteiger partial charge in [-0.1, -0.05) is 18.2 Å². The third-order valence-corrected chi connectivity index (χ3v) is 4.89. The Labute approximate surface area is 163 Å². The largest absolute Gasteiger partial charge is 0.497 e. The highest BCUT2D eigenvalue weighted by Gasteiger charge is 2.21. The second-order valence-corrected chi connectivity index (χ2v) is 7.49. The average molecular weight is 373 g/mol. The molecule has 0 spiro atoms. The van der Waals surface area contributed by atoms with Crippen LogP contribution >= 0.6 is 0 Å². The van der Waals surface area contributed by atoms with E-state index in [-0.39, 0.29) is 12.1 Å². The van der Waals surface area contributed by atoms with E-state index in [1.54, 1.807) is 7.11 Å². The van der Waals surface area contributed by atoms with E-state index in [1.807, 2.05) is 36.4 Å². The molecule has 0 unspecified atom stereocenters. The van der Waals surface area contributed by atoms with Crippen molar-refractivity contribution in [2.45, 2.75) is 25.9 Å². The number of likely N-dealkylation sites (N-methyl/N-ethyl adjacent to an activating group) is 1. The normalized spacial score (nSPS) is 11.5. The molecule has 0 fully saturated rings. The predicted octanol–water partition coefficient (Wildman–Crippen LogP) is 3.41. The van der Waals surface area contributed by atoms with Gasteiger partial charge in [-0.3, -0.25) is 0 Å². The van der Waals surface area contributed by atoms with Crippen LogP contribution in [0.15, 0.2) is 48.5 Å². The molecular weight excluding hydrogens is 340 g/mol. The van der Waals surface area contributed by atoms with Crippen molar-refractivity contribution in [1.29, 1.82) is 0 Å². The topological polar surface area (TPSA) is 45.2 Å². The smallest absolute Gasteiger partial charge is 0.120 e. The quantitative estimate of drug-likeness (QED) is 0.692. The summed E-state index contributed by atoms with van der Waals surface area (Å²) in [6, 6.07) is 16.0. The number of anilines is 1. The molecule has 0 amide bonds. The second-order valence-electron chi connectivity index (χ2n) is 7.49. The van der Waals surface area contributed by atoms with Crippen LogP contribution < -0.4 is 14.4 Å². The molecule has 0 radical (unpaired) electrons. The summed E-state index contributed by atoms with van der Waals surface area (Å²) in [7, 11) is 5.77. The van der Waals surface area contributed by atoms with Crippen LogP contribution in [0.4, 0.5) is 5.69 Å². The summed E-state index contributed by atoms with van der Waals surface area (Å²) in [6.45, 7) is 6.29. The monoisotopic (exact) mass is 372 g/mol. The number of hydrogen-bond acceptors (Lipinski definition) is 5. The molecule has 5 nitrogen and oxygen atoms in total. The van der Waals surface area contributed by atoms with Gasteiger partial charge in [0.25, 0.3) is 0 Å². The molecule has 2 aromatic carbocycles. The first kappa shape index (κ1) is 21.1. The van der Waals surface area contributed by atoms with Gasteiger partial charge in [-0.15, -0.1) is 0 Å². The van der Waals surface area contributed by atoms with Crippen LogP contribution in [0, 0.1) is 0 Å². The summed E-state index contributed by atoms with van der Waals surface area (Å²) in [5.41, 5.74) is 2.16. The van der Waals surface area contributed by atoms with Gasteiger partial charge in [0.05, 0.1) is 13.7 Å². The van der Waals surface area contributed by atoms with Crippen molar-refractivity contribution >= 4 is 5.69 Å². The van der Waals surface area contributed by atoms with Gasteiger partial charge in [-0.25, -0.2) is 0 Å². The molecule has 0 heterocycles. The van der Waals surface area contributed by atoms with Gasteiger partial charge in [-0.05, 0) is 57.8 Å². The molecule has 5 heteroatoms. The Hall–Kier alpha value is -2.24. The van der Waals surface area contributed by atoms with Gasteiger partial charge in [0, 0.05) is 30.4 Å². The number of benzene rings is 2. The fourth-order valence-electron chi connectivity index (χ4n) is 2.53. The zero-order chi connectivity index (χ0) is 19.9. The van der Waals surface area contributed by atoms with Crippen LogP contribution in [0.25, 0.3) is 0 Å². The van der Waals surface area contributed by atoms with Gasteiger partial charge in [0.15, 0.2) is 0 Å². The molecular formula is C22H32N2O3. The zero-order valence-electron chi connectivity index (χ0n) is 17.1. The lowest BCUT2D eigenvalue weighted by molar-refractivity contribution is 0.114. The van der Waals surface area contributed by atoms with E-state index in [0.29, 0.717) is 19.7 Å². The van der Waals surface area contributed by atoms with Crippen LogP contribution in [0.2, 0.25) is 0 Å². The third-order valence-electron chi connectivity index (χ3n) is 4.89. The van der Waals surface area contributed by atoms with Gasteiger partial charge in [-0.2, -0.15) is 0 Å². The number of aliphatic hydroxyl groups excluding tert-OH is 1. The van der Waals surface area contributed by atoms with E-state index >= 15 is 0 Å². The first-order valence-corrected chi connectivity index (χ1v) is 9.25. The molecule has 0 bridgehead atoms. The molecule has 0 atom stereocenters. The molecule has 0 aliphatic heterocycles. The maximum absolute atomic E-state index is 9.44. The number of rotatable bonds is 10. The number of methoxy groups -OCH3 is 1. The third kappa shape index (κ3) is 6.15. The summed E-state index contributed by atoms with van der Waals surface area (Å²) in [5, 5.41) is 9.44. The van der Waals surface area contributed by atoms with Crippen molar-refractivity contribution in [2.24, 2.45) is 0 Å². The van der Waals surface area contributed by atoms with Crippen LogP contribution in [0.1, 0.15) is 19.4 Å². The van der Waals surface area contributed by atoms with Crippen LogP contribution in [0.3, 0.4) is 0 Å². The molecule has 1 N–H and O–H groups in total. The van der Waals surface area contributed by atoms with Crippen molar-refractivity contribution in [1.82, 2.24) is 4.90 Å². The summed E-state index contributed by atoms with van der Waals surface area (Å²) in [6.07, 6.45) is 0. The Balaban J connectivity index is 2.04. The van der Waals surface area contributed by atoms with E-state index in [9.17, 15) is 5.11 Å². The number of nitrogens with zero attached hydrogens (tertiary/aromatic N) is 2. The summed E-state index contributed by atoms with van der Waals surface area (Å²) < 4.78 is 11.3. The lowest BCUT2D eigenvalue weighted by Gasteiger charge is -2.32. The molecule has 2 rings (SSSR count). The van der Waals surface area contributed by atoms with Crippen molar-refractivity contribution in [3.8, 4) is 11.5 Å². The van der Waals surface area contributed by atoms with Gasteiger partial charge in [0.2, 0.25) is 0 Å². The van der Waals surface area contributed by atoms with E-state index in [4.69, 9.17) is 9.47 Å². The molecule has 148 valence electrons. The lowest BCUT2D eigenvalue weighted by Crippen LogP contribution is -2.43. The maximum Gasteiger partial charge on any atom is 0.120 e. The predicted molar refractivity (Wildman–Crippen MR) is 111 cm³/mol. The van der Waals surface area contributed by atoms with Gasteiger partial charge in [0.1, 0.15) is 18.1 Å². The fraction of sp³-hybridized carbons (Fsp3) is 0.455. The molecule has 0 aliphatic rings. The number of aliphatic hydroxyl groups is 1. The van der Waals surface area contributed by atoms with Crippen LogP contribution in [-0.4, -0.2) is 56.5 Å². The average Bonchev–Trinajstić information content (AvgIpc) is 2.67. The summed E-state index contributed by atoms with van der Waals surface area (Å²) in [4.78, 5) is 4.29. The van der Waals surface area contributed by atoms with Crippen LogP contribution in [-0.2, 0) is 6.54 Å². The standard InChI is InChI=1S/C22H32N2O3/c1-22(2,23(3)4)17-27-20-11-9-18(10-12-20)16-24(13-14-25)19-7-6-8-21(15-19)26-5/h6-12,15,25H,13-14,16-17H2,1-5H3. The molecule has 27 heavy (non-hydrogen) atoms. The Morgan fingerprint density at radius 3 is 2.30 bits per heavy atom. The fourth-order valence-corrected chi connectivity index (χ4v) is 2.53. The minimum absolute atomic E-state index is 0.0248. The maximum atomic E-state index is 9.44. The van der Waals surface area contributed by atoms with E-state index in [0.717, 1.165) is 22.7 Å². The summed E-state index contributed by atoms with van der Waals surface area (Å²) >= 11 is 0. The SMILES string of the molecule is COc1cccc(N(CCO)Cc2ccc(OCC(C)(C)N(C)C)cc2)c1. The first-order chi connectivity index (χ1) is 12.9. The highest BCUT2D eigenvalue weighted by molar-refractivity contribution is 5.51. The zero-order valence-corrected chi connectivity index (χ0v) is 17.1. The van der Waals surface area contributed by atoms with Gasteiger partial charge >= 0.3 is 0 Å². The van der Waals surface area contributed by atoms with Crippen molar-refractivity contribution < 1.29 is 14.6 Å². The molecule has 0 aromatic heterocycles.